The molecule has 27 heavy (non-hydrogen) atoms. The van der Waals surface area contributed by atoms with Crippen LogP contribution in [0, 0.1) is 27.7 Å². The van der Waals surface area contributed by atoms with Crippen LogP contribution < -0.4 is 10.1 Å². The lowest BCUT2D eigenvalue weighted by Crippen LogP contribution is -2.15. The van der Waals surface area contributed by atoms with Gasteiger partial charge in [0.25, 0.3) is 5.91 Å². The van der Waals surface area contributed by atoms with Crippen molar-refractivity contribution in [3.05, 3.63) is 58.2 Å². The molecule has 3 aromatic rings. The molecule has 0 aliphatic carbocycles. The molecule has 7 nitrogen and oxygen atoms in total. The molecule has 0 bridgehead atoms. The van der Waals surface area contributed by atoms with Crippen LogP contribution in [0.5, 0.6) is 5.75 Å². The molecule has 2 aromatic heterocycles. The molecule has 0 saturated heterocycles. The van der Waals surface area contributed by atoms with Crippen LogP contribution in [0.3, 0.4) is 0 Å². The van der Waals surface area contributed by atoms with Crippen molar-refractivity contribution in [1.29, 1.82) is 0 Å². The Hall–Kier alpha value is -3.09. The fourth-order valence-corrected chi connectivity index (χ4v) is 3.25. The molecule has 7 heteroatoms. The van der Waals surface area contributed by atoms with Gasteiger partial charge in [0.05, 0.1) is 42.0 Å². The van der Waals surface area contributed by atoms with Crippen LogP contribution in [0.15, 0.2) is 24.3 Å². The van der Waals surface area contributed by atoms with E-state index in [9.17, 15) is 4.79 Å². The molecule has 0 fully saturated rings. The quantitative estimate of drug-likeness (QED) is 0.752. The lowest BCUT2D eigenvalue weighted by Gasteiger charge is -2.08. The standard InChI is InChI=1S/C20H25N5O2/c1-12-18(14(3)24(5)22-12)20(26)21-19-13(2)23-25(15(19)4)11-16-8-7-9-17(10-16)27-6/h7-10H,11H2,1-6H3,(H,21,26). The number of aryl methyl sites for hydroxylation is 3. The van der Waals surface area contributed by atoms with Gasteiger partial charge in [0.1, 0.15) is 5.75 Å². The topological polar surface area (TPSA) is 74.0 Å². The highest BCUT2D eigenvalue weighted by molar-refractivity contribution is 6.06. The first-order valence-corrected chi connectivity index (χ1v) is 8.80. The van der Waals surface area contributed by atoms with E-state index in [-0.39, 0.29) is 5.91 Å². The zero-order chi connectivity index (χ0) is 19.7. The zero-order valence-corrected chi connectivity index (χ0v) is 16.6. The minimum absolute atomic E-state index is 0.162. The minimum Gasteiger partial charge on any atom is -0.497 e. The first-order chi connectivity index (χ1) is 12.8. The highest BCUT2D eigenvalue weighted by atomic mass is 16.5. The van der Waals surface area contributed by atoms with Gasteiger partial charge in [-0.05, 0) is 45.4 Å². The van der Waals surface area contributed by atoms with Crippen molar-refractivity contribution >= 4 is 11.6 Å². The van der Waals surface area contributed by atoms with Crippen LogP contribution in [-0.2, 0) is 13.6 Å². The second kappa shape index (κ2) is 7.26. The first kappa shape index (κ1) is 18.7. The number of amides is 1. The molecule has 0 atom stereocenters. The minimum atomic E-state index is -0.162. The van der Waals surface area contributed by atoms with E-state index in [1.54, 1.807) is 11.8 Å². The molecule has 1 N–H and O–H groups in total. The van der Waals surface area contributed by atoms with E-state index in [4.69, 9.17) is 4.74 Å². The third-order valence-corrected chi connectivity index (χ3v) is 4.82. The number of hydrogen-bond donors (Lipinski definition) is 1. The van der Waals surface area contributed by atoms with Crippen molar-refractivity contribution in [3.63, 3.8) is 0 Å². The van der Waals surface area contributed by atoms with Gasteiger partial charge in [-0.1, -0.05) is 12.1 Å². The fourth-order valence-electron chi connectivity index (χ4n) is 3.25. The average molecular weight is 367 g/mol. The second-order valence-electron chi connectivity index (χ2n) is 6.68. The highest BCUT2D eigenvalue weighted by Gasteiger charge is 2.20. The van der Waals surface area contributed by atoms with E-state index >= 15 is 0 Å². The van der Waals surface area contributed by atoms with E-state index in [0.29, 0.717) is 17.8 Å². The predicted molar refractivity (Wildman–Crippen MR) is 104 cm³/mol. The molecule has 0 aliphatic heterocycles. The van der Waals surface area contributed by atoms with Gasteiger partial charge in [0, 0.05) is 12.7 Å². The van der Waals surface area contributed by atoms with Gasteiger partial charge in [-0.2, -0.15) is 10.2 Å². The molecule has 1 aromatic carbocycles. The number of aromatic nitrogens is 4. The molecule has 3 rings (SSSR count). The Morgan fingerprint density at radius 2 is 1.85 bits per heavy atom. The molecule has 2 heterocycles. The number of nitrogens with one attached hydrogen (secondary N) is 1. The summed E-state index contributed by atoms with van der Waals surface area (Å²) in [5, 5.41) is 11.9. The summed E-state index contributed by atoms with van der Waals surface area (Å²) in [5.74, 6) is 0.648. The summed E-state index contributed by atoms with van der Waals surface area (Å²) < 4.78 is 8.89. The van der Waals surface area contributed by atoms with Crippen molar-refractivity contribution in [1.82, 2.24) is 19.6 Å². The van der Waals surface area contributed by atoms with Gasteiger partial charge in [-0.15, -0.1) is 0 Å². The summed E-state index contributed by atoms with van der Waals surface area (Å²) in [7, 11) is 3.49. The Balaban J connectivity index is 1.86. The molecular formula is C20H25N5O2. The van der Waals surface area contributed by atoms with Gasteiger partial charge in [-0.3, -0.25) is 14.2 Å². The van der Waals surface area contributed by atoms with E-state index in [1.165, 1.54) is 0 Å². The number of nitrogens with zero attached hydrogens (tertiary/aromatic N) is 4. The predicted octanol–water partition coefficient (Wildman–Crippen LogP) is 3.16. The monoisotopic (exact) mass is 367 g/mol. The summed E-state index contributed by atoms with van der Waals surface area (Å²) >= 11 is 0. The van der Waals surface area contributed by atoms with Crippen LogP contribution in [0.25, 0.3) is 0 Å². The van der Waals surface area contributed by atoms with Crippen LogP contribution in [0.2, 0.25) is 0 Å². The van der Waals surface area contributed by atoms with Gasteiger partial charge in [0.2, 0.25) is 0 Å². The summed E-state index contributed by atoms with van der Waals surface area (Å²) in [6, 6.07) is 7.88. The second-order valence-corrected chi connectivity index (χ2v) is 6.68. The lowest BCUT2D eigenvalue weighted by atomic mass is 10.1. The number of carbonyl (C=O) groups excluding carboxylic acids is 1. The summed E-state index contributed by atoms with van der Waals surface area (Å²) in [5.41, 5.74) is 5.67. The molecule has 0 saturated carbocycles. The van der Waals surface area contributed by atoms with Crippen molar-refractivity contribution in [2.24, 2.45) is 7.05 Å². The van der Waals surface area contributed by atoms with E-state index in [2.05, 4.69) is 15.5 Å². The SMILES string of the molecule is COc1cccc(Cn2nc(C)c(NC(=O)c3c(C)nn(C)c3C)c2C)c1. The molecular weight excluding hydrogens is 342 g/mol. The van der Waals surface area contributed by atoms with E-state index in [1.807, 2.05) is 63.7 Å². The third kappa shape index (κ3) is 3.58. The van der Waals surface area contributed by atoms with E-state index in [0.717, 1.165) is 34.1 Å². The largest absolute Gasteiger partial charge is 0.497 e. The molecule has 0 radical (unpaired) electrons. The first-order valence-electron chi connectivity index (χ1n) is 8.80. The van der Waals surface area contributed by atoms with Gasteiger partial charge in [0.15, 0.2) is 0 Å². The highest BCUT2D eigenvalue weighted by Crippen LogP contribution is 2.23. The summed E-state index contributed by atoms with van der Waals surface area (Å²) in [6.45, 7) is 8.19. The maximum absolute atomic E-state index is 12.8. The number of anilines is 1. The molecule has 0 spiro atoms. The number of hydrogen-bond acceptors (Lipinski definition) is 4. The summed E-state index contributed by atoms with van der Waals surface area (Å²) in [6.07, 6.45) is 0. The Morgan fingerprint density at radius 1 is 1.11 bits per heavy atom. The van der Waals surface area contributed by atoms with Gasteiger partial charge >= 0.3 is 0 Å². The normalized spacial score (nSPS) is 10.9. The average Bonchev–Trinajstić information content (AvgIpc) is 3.04. The molecule has 0 aliphatic rings. The maximum atomic E-state index is 12.8. The van der Waals surface area contributed by atoms with Crippen molar-refractivity contribution in [2.45, 2.75) is 34.2 Å². The van der Waals surface area contributed by atoms with Crippen molar-refractivity contribution < 1.29 is 9.53 Å². The van der Waals surface area contributed by atoms with Gasteiger partial charge in [-0.25, -0.2) is 0 Å². The number of methoxy groups -OCH3 is 1. The van der Waals surface area contributed by atoms with Crippen LogP contribution >= 0.6 is 0 Å². The number of rotatable bonds is 5. The van der Waals surface area contributed by atoms with Crippen molar-refractivity contribution in [2.75, 3.05) is 12.4 Å². The van der Waals surface area contributed by atoms with Crippen LogP contribution in [0.4, 0.5) is 5.69 Å². The molecule has 0 unspecified atom stereocenters. The van der Waals surface area contributed by atoms with Gasteiger partial charge < -0.3 is 10.1 Å². The molecule has 1 amide bonds. The van der Waals surface area contributed by atoms with Crippen LogP contribution in [0.1, 0.15) is 38.7 Å². The van der Waals surface area contributed by atoms with Crippen LogP contribution in [-0.4, -0.2) is 32.6 Å². The number of benzene rings is 1. The zero-order valence-electron chi connectivity index (χ0n) is 16.6. The smallest absolute Gasteiger partial charge is 0.259 e. The Kier molecular flexibility index (Phi) is 5.03. The Bertz CT molecular complexity index is 1000. The fraction of sp³-hybridized carbons (Fsp3) is 0.350. The number of carbonyl (C=O) groups is 1. The van der Waals surface area contributed by atoms with E-state index < -0.39 is 0 Å². The lowest BCUT2D eigenvalue weighted by molar-refractivity contribution is 0.102. The summed E-state index contributed by atoms with van der Waals surface area (Å²) in [4.78, 5) is 12.8. The maximum Gasteiger partial charge on any atom is 0.259 e. The Morgan fingerprint density at radius 3 is 2.48 bits per heavy atom. The van der Waals surface area contributed by atoms with Crippen molar-refractivity contribution in [3.8, 4) is 5.75 Å². The molecule has 142 valence electrons. The third-order valence-electron chi connectivity index (χ3n) is 4.82. The Labute approximate surface area is 159 Å². The number of ether oxygens (including phenoxy) is 1.